The van der Waals surface area contributed by atoms with Crippen LogP contribution >= 0.6 is 11.8 Å². The van der Waals surface area contributed by atoms with E-state index in [9.17, 15) is 27.8 Å². The molecule has 0 aliphatic carbocycles. The highest BCUT2D eigenvalue weighted by Crippen LogP contribution is 2.40. The number of hydrogen-bond donors (Lipinski definition) is 2. The summed E-state index contributed by atoms with van der Waals surface area (Å²) in [6, 6.07) is -0.876. The van der Waals surface area contributed by atoms with Gasteiger partial charge in [-0.25, -0.2) is 4.39 Å². The molecule has 2 N–H and O–H groups in total. The van der Waals surface area contributed by atoms with E-state index in [1.165, 1.54) is 0 Å². The normalized spacial score (nSPS) is 35.7. The van der Waals surface area contributed by atoms with Crippen LogP contribution in [0.15, 0.2) is 4.99 Å². The predicted octanol–water partition coefficient (Wildman–Crippen LogP) is 0.383. The first kappa shape index (κ1) is 18.7. The molecule has 23 heavy (non-hydrogen) atoms. The van der Waals surface area contributed by atoms with Crippen LogP contribution in [-0.4, -0.2) is 89.7 Å². The van der Waals surface area contributed by atoms with Gasteiger partial charge in [0.2, 0.25) is 0 Å². The quantitative estimate of drug-likeness (QED) is 0.705. The van der Waals surface area contributed by atoms with Crippen molar-refractivity contribution in [3.05, 3.63) is 0 Å². The minimum Gasteiger partial charge on any atom is -0.388 e. The highest BCUT2D eigenvalue weighted by Gasteiger charge is 2.57. The number of aliphatic hydroxyl groups excluding tert-OH is 2. The molecule has 2 heterocycles. The summed E-state index contributed by atoms with van der Waals surface area (Å²) in [7, 11) is 3.37. The lowest BCUT2D eigenvalue weighted by atomic mass is 9.94. The predicted molar refractivity (Wildman–Crippen MR) is 74.9 cm³/mol. The second-order valence-corrected chi connectivity index (χ2v) is 6.45. The Morgan fingerprint density at radius 2 is 2.00 bits per heavy atom. The summed E-state index contributed by atoms with van der Waals surface area (Å²) in [6.07, 6.45) is -12.7. The molecule has 2 aliphatic rings. The summed E-state index contributed by atoms with van der Waals surface area (Å²) in [5.41, 5.74) is -0.880. The molecule has 0 spiro atoms. The number of ether oxygens (including phenoxy) is 2. The molecular weight excluding hydrogens is 344 g/mol. The number of hydrogen-bond acceptors (Lipinski definition) is 7. The van der Waals surface area contributed by atoms with Crippen LogP contribution in [0.1, 0.15) is 0 Å². The van der Waals surface area contributed by atoms with Gasteiger partial charge >= 0.3 is 6.18 Å². The van der Waals surface area contributed by atoms with Crippen molar-refractivity contribution in [2.24, 2.45) is 4.99 Å². The summed E-state index contributed by atoms with van der Waals surface area (Å²) in [5, 5.41) is 20.6. The fourth-order valence-corrected chi connectivity index (χ4v) is 3.53. The van der Waals surface area contributed by atoms with Crippen LogP contribution in [-0.2, 0) is 9.47 Å². The van der Waals surface area contributed by atoms with Crippen LogP contribution in [0.2, 0.25) is 0 Å². The third kappa shape index (κ3) is 3.90. The molecule has 0 radical (unpaired) electrons. The van der Waals surface area contributed by atoms with Crippen molar-refractivity contribution >= 4 is 16.9 Å². The average molecular weight is 362 g/mol. The number of aliphatic imine (C=N–C) groups is 1. The van der Waals surface area contributed by atoms with Crippen LogP contribution in [0, 0.1) is 0 Å². The summed E-state index contributed by atoms with van der Waals surface area (Å²) < 4.78 is 61.3. The lowest BCUT2D eigenvalue weighted by molar-refractivity contribution is -0.284. The van der Waals surface area contributed by atoms with E-state index in [4.69, 9.17) is 4.74 Å². The monoisotopic (exact) mass is 362 g/mol. The number of thioether (sulfide) groups is 1. The zero-order valence-electron chi connectivity index (χ0n) is 12.4. The zero-order valence-corrected chi connectivity index (χ0v) is 13.2. The Bertz CT molecular complexity index is 451. The van der Waals surface area contributed by atoms with Gasteiger partial charge in [-0.15, -0.1) is 0 Å². The van der Waals surface area contributed by atoms with Crippen LogP contribution < -0.4 is 0 Å². The van der Waals surface area contributed by atoms with E-state index in [1.807, 2.05) is 0 Å². The SMILES string of the molecule is CN(C)C1=NC2C(OC(C(OCCF)C(F)(F)F)C(O)C2O)S1. The van der Waals surface area contributed by atoms with Gasteiger partial charge in [0.1, 0.15) is 36.5 Å². The molecule has 6 nitrogen and oxygen atoms in total. The topological polar surface area (TPSA) is 74.5 Å². The Morgan fingerprint density at radius 1 is 1.35 bits per heavy atom. The number of nitrogens with zero attached hydrogens (tertiary/aromatic N) is 2. The molecule has 0 saturated carbocycles. The smallest absolute Gasteiger partial charge is 0.388 e. The maximum absolute atomic E-state index is 13.1. The van der Waals surface area contributed by atoms with Crippen molar-refractivity contribution in [3.63, 3.8) is 0 Å². The van der Waals surface area contributed by atoms with Gasteiger partial charge in [-0.05, 0) is 0 Å². The Balaban J connectivity index is 2.18. The van der Waals surface area contributed by atoms with Crippen molar-refractivity contribution in [2.45, 2.75) is 42.1 Å². The summed E-state index contributed by atoms with van der Waals surface area (Å²) in [5.74, 6) is 0. The van der Waals surface area contributed by atoms with Gasteiger partial charge in [-0.2, -0.15) is 13.2 Å². The van der Waals surface area contributed by atoms with E-state index in [2.05, 4.69) is 9.73 Å². The third-order valence-corrected chi connectivity index (χ3v) is 4.77. The van der Waals surface area contributed by atoms with Gasteiger partial charge in [-0.3, -0.25) is 4.99 Å². The number of rotatable bonds is 4. The summed E-state index contributed by atoms with van der Waals surface area (Å²) in [6.45, 7) is -1.89. The number of fused-ring (bicyclic) bond motifs is 1. The van der Waals surface area contributed by atoms with E-state index < -0.39 is 55.4 Å². The minimum absolute atomic E-state index is 0.472. The lowest BCUT2D eigenvalue weighted by Crippen LogP contribution is -2.61. The van der Waals surface area contributed by atoms with E-state index in [1.54, 1.807) is 19.0 Å². The Hall–Kier alpha value is -0.620. The molecule has 2 aliphatic heterocycles. The second-order valence-electron chi connectivity index (χ2n) is 5.39. The zero-order chi connectivity index (χ0) is 17.4. The molecule has 6 unspecified atom stereocenters. The molecule has 0 amide bonds. The Labute approximate surface area is 134 Å². The molecule has 6 atom stereocenters. The molecule has 11 heteroatoms. The van der Waals surface area contributed by atoms with Crippen molar-refractivity contribution in [2.75, 3.05) is 27.4 Å². The highest BCUT2D eigenvalue weighted by atomic mass is 32.2. The van der Waals surface area contributed by atoms with Crippen LogP contribution in [0.4, 0.5) is 17.6 Å². The number of aliphatic hydroxyl groups is 2. The maximum Gasteiger partial charge on any atom is 0.417 e. The maximum atomic E-state index is 13.1. The molecule has 0 aromatic heterocycles. The van der Waals surface area contributed by atoms with Gasteiger partial charge < -0.3 is 24.6 Å². The fourth-order valence-electron chi connectivity index (χ4n) is 2.39. The first-order valence-corrected chi connectivity index (χ1v) is 7.72. The van der Waals surface area contributed by atoms with Crippen molar-refractivity contribution in [3.8, 4) is 0 Å². The van der Waals surface area contributed by atoms with Gasteiger partial charge in [0, 0.05) is 14.1 Å². The largest absolute Gasteiger partial charge is 0.417 e. The third-order valence-electron chi connectivity index (χ3n) is 3.47. The summed E-state index contributed by atoms with van der Waals surface area (Å²) >= 11 is 1.05. The van der Waals surface area contributed by atoms with Gasteiger partial charge in [0.05, 0.1) is 6.61 Å². The molecule has 1 fully saturated rings. The Morgan fingerprint density at radius 3 is 2.52 bits per heavy atom. The minimum atomic E-state index is -4.87. The average Bonchev–Trinajstić information content (AvgIpc) is 2.87. The van der Waals surface area contributed by atoms with E-state index >= 15 is 0 Å². The molecule has 0 bridgehead atoms. The second kappa shape index (κ2) is 7.09. The van der Waals surface area contributed by atoms with Crippen molar-refractivity contribution < 1.29 is 37.2 Å². The molecular formula is C12H18F4N2O4S. The van der Waals surface area contributed by atoms with Crippen LogP contribution in [0.25, 0.3) is 0 Å². The van der Waals surface area contributed by atoms with Gasteiger partial charge in [-0.1, -0.05) is 11.8 Å². The summed E-state index contributed by atoms with van der Waals surface area (Å²) in [4.78, 5) is 5.77. The molecule has 134 valence electrons. The van der Waals surface area contributed by atoms with E-state index in [0.717, 1.165) is 11.8 Å². The van der Waals surface area contributed by atoms with Crippen LogP contribution in [0.5, 0.6) is 0 Å². The lowest BCUT2D eigenvalue weighted by Gasteiger charge is -2.41. The molecule has 1 saturated heterocycles. The fraction of sp³-hybridized carbons (Fsp3) is 0.917. The van der Waals surface area contributed by atoms with E-state index in [-0.39, 0.29) is 0 Å². The van der Waals surface area contributed by atoms with Crippen LogP contribution in [0.3, 0.4) is 0 Å². The standard InChI is InChI=1S/C12H18F4N2O4S/c1-18(2)11-17-5-6(19)7(20)8(22-10(5)23-11)9(12(14,15)16)21-4-3-13/h5-10,19-20H,3-4H2,1-2H3. The van der Waals surface area contributed by atoms with Crippen molar-refractivity contribution in [1.82, 2.24) is 4.90 Å². The number of amidine groups is 1. The first-order chi connectivity index (χ1) is 10.7. The number of alkyl halides is 4. The number of halogens is 4. The molecule has 2 rings (SSSR count). The van der Waals surface area contributed by atoms with E-state index in [0.29, 0.717) is 5.17 Å². The van der Waals surface area contributed by atoms with Crippen molar-refractivity contribution in [1.29, 1.82) is 0 Å². The van der Waals surface area contributed by atoms with Gasteiger partial charge in [0.25, 0.3) is 0 Å². The Kier molecular flexibility index (Phi) is 5.77. The molecule has 0 aromatic carbocycles. The highest BCUT2D eigenvalue weighted by molar-refractivity contribution is 8.14. The van der Waals surface area contributed by atoms with Gasteiger partial charge in [0.15, 0.2) is 11.3 Å². The molecule has 0 aromatic rings. The first-order valence-electron chi connectivity index (χ1n) is 6.84.